The van der Waals surface area contributed by atoms with Crippen LogP contribution in [0.5, 0.6) is 5.75 Å². The van der Waals surface area contributed by atoms with Gasteiger partial charge in [0, 0.05) is 35.5 Å². The predicted octanol–water partition coefficient (Wildman–Crippen LogP) is 4.99. The van der Waals surface area contributed by atoms with E-state index < -0.39 is 5.97 Å². The van der Waals surface area contributed by atoms with Crippen molar-refractivity contribution in [3.63, 3.8) is 0 Å². The highest BCUT2D eigenvalue weighted by Crippen LogP contribution is 2.35. The highest BCUT2D eigenvalue weighted by atomic mass is 16.5. The zero-order valence-electron chi connectivity index (χ0n) is 21.2. The molecular weight excluding hydrogens is 468 g/mol. The Morgan fingerprint density at radius 2 is 1.76 bits per heavy atom. The molecule has 0 aliphatic rings. The molecule has 8 heteroatoms. The number of nitrogens with two attached hydrogens (primary N) is 1. The van der Waals surface area contributed by atoms with E-state index >= 15 is 0 Å². The largest absolute Gasteiger partial charge is 0.496 e. The molecule has 0 radical (unpaired) electrons. The van der Waals surface area contributed by atoms with Gasteiger partial charge in [-0.2, -0.15) is 0 Å². The Balaban J connectivity index is 2.04. The Morgan fingerprint density at radius 1 is 1.08 bits per heavy atom. The lowest BCUT2D eigenvalue weighted by atomic mass is 9.91. The van der Waals surface area contributed by atoms with Crippen molar-refractivity contribution in [1.82, 2.24) is 5.32 Å². The molecule has 0 bridgehead atoms. The van der Waals surface area contributed by atoms with Crippen molar-refractivity contribution in [3.8, 4) is 16.9 Å². The third kappa shape index (κ3) is 6.55. The molecule has 3 aromatic carbocycles. The van der Waals surface area contributed by atoms with Gasteiger partial charge >= 0.3 is 5.97 Å². The van der Waals surface area contributed by atoms with E-state index in [0.717, 1.165) is 16.8 Å². The van der Waals surface area contributed by atoms with E-state index in [2.05, 4.69) is 17.2 Å². The normalized spacial score (nSPS) is 10.6. The first kappa shape index (κ1) is 27.0. The first-order chi connectivity index (χ1) is 17.6. The number of hydrogen-bond donors (Lipinski definition) is 5. The van der Waals surface area contributed by atoms with Crippen LogP contribution in [0.25, 0.3) is 17.2 Å². The molecule has 0 spiro atoms. The summed E-state index contributed by atoms with van der Waals surface area (Å²) in [6.45, 7) is 8.70. The number of hydrogen-bond acceptors (Lipinski definition) is 5. The number of carboxylic acids is 1. The summed E-state index contributed by atoms with van der Waals surface area (Å²) in [5, 5.41) is 23.7. The van der Waals surface area contributed by atoms with Gasteiger partial charge in [0.2, 0.25) is 0 Å². The van der Waals surface area contributed by atoms with Gasteiger partial charge in [0.1, 0.15) is 11.6 Å². The molecule has 0 aliphatic heterocycles. The number of carbonyl (C=O) groups is 2. The van der Waals surface area contributed by atoms with Gasteiger partial charge in [-0.05, 0) is 71.1 Å². The Hall–Kier alpha value is -4.59. The van der Waals surface area contributed by atoms with E-state index in [1.54, 1.807) is 43.5 Å². The summed E-state index contributed by atoms with van der Waals surface area (Å²) in [7, 11) is 1.54. The number of nitrogen functional groups attached to an aromatic ring is 1. The van der Waals surface area contributed by atoms with Crippen LogP contribution >= 0.6 is 0 Å². The zero-order chi connectivity index (χ0) is 27.1. The maximum absolute atomic E-state index is 12.6. The number of nitrogens with one attached hydrogen (secondary N) is 3. The summed E-state index contributed by atoms with van der Waals surface area (Å²) in [6, 6.07) is 15.5. The Kier molecular flexibility index (Phi) is 8.68. The van der Waals surface area contributed by atoms with Crippen molar-refractivity contribution in [2.24, 2.45) is 11.7 Å². The van der Waals surface area contributed by atoms with Crippen LogP contribution in [0.15, 0.2) is 61.2 Å². The number of carbonyl (C=O) groups excluding carboxylic acids is 1. The summed E-state index contributed by atoms with van der Waals surface area (Å²) >= 11 is 0. The Bertz CT molecular complexity index is 1330. The second-order valence-corrected chi connectivity index (χ2v) is 8.97. The predicted molar refractivity (Wildman–Crippen MR) is 147 cm³/mol. The van der Waals surface area contributed by atoms with E-state index in [1.807, 2.05) is 32.0 Å². The summed E-state index contributed by atoms with van der Waals surface area (Å²) < 4.78 is 5.53. The molecule has 0 unspecified atom stereocenters. The Labute approximate surface area is 216 Å². The molecule has 0 heterocycles. The monoisotopic (exact) mass is 500 g/mol. The number of carboxylic acid groups (broad SMARTS) is 1. The number of benzene rings is 3. The number of amides is 1. The second kappa shape index (κ2) is 11.9. The lowest BCUT2D eigenvalue weighted by molar-refractivity contribution is 0.0697. The standard InChI is InChI=1S/C29H32N4O4/c1-5-18-12-21(16-32-22-9-6-19(7-10-22)27(30)31)24(14-26(18)37-4)23-11-8-20(13-25(23)29(35)36)28(34)33-15-17(2)3/h5-14,17,32H,1,15-16H2,2-4H3,(H3,30,31)(H,33,34)(H,35,36). The molecule has 0 saturated heterocycles. The topological polar surface area (TPSA) is 138 Å². The average Bonchev–Trinajstić information content (AvgIpc) is 2.89. The molecule has 3 rings (SSSR count). The average molecular weight is 501 g/mol. The number of amidine groups is 1. The van der Waals surface area contributed by atoms with Gasteiger partial charge in [-0.25, -0.2) is 4.79 Å². The smallest absolute Gasteiger partial charge is 0.336 e. The molecule has 0 fully saturated rings. The molecule has 0 atom stereocenters. The van der Waals surface area contributed by atoms with E-state index in [4.69, 9.17) is 15.9 Å². The number of methoxy groups -OCH3 is 1. The number of anilines is 1. The van der Waals surface area contributed by atoms with Crippen LogP contribution in [0.4, 0.5) is 5.69 Å². The summed E-state index contributed by atoms with van der Waals surface area (Å²) in [4.78, 5) is 24.9. The van der Waals surface area contributed by atoms with Gasteiger partial charge in [0.15, 0.2) is 0 Å². The summed E-state index contributed by atoms with van der Waals surface area (Å²) in [5.41, 5.74) is 9.95. The molecule has 192 valence electrons. The maximum Gasteiger partial charge on any atom is 0.336 e. The molecule has 0 aromatic heterocycles. The lowest BCUT2D eigenvalue weighted by Crippen LogP contribution is -2.27. The SMILES string of the molecule is C=Cc1cc(CNc2ccc(C(=N)N)cc2)c(-c2ccc(C(=O)NCC(C)C)cc2C(=O)O)cc1OC. The third-order valence-electron chi connectivity index (χ3n) is 5.83. The fourth-order valence-electron chi connectivity index (χ4n) is 3.84. The van der Waals surface area contributed by atoms with Crippen molar-refractivity contribution in [1.29, 1.82) is 5.41 Å². The highest BCUT2D eigenvalue weighted by molar-refractivity contribution is 6.02. The first-order valence-corrected chi connectivity index (χ1v) is 11.8. The van der Waals surface area contributed by atoms with Gasteiger partial charge in [-0.1, -0.05) is 32.6 Å². The minimum absolute atomic E-state index is 0.0117. The first-order valence-electron chi connectivity index (χ1n) is 11.8. The van der Waals surface area contributed by atoms with E-state index in [0.29, 0.717) is 35.5 Å². The molecule has 0 aliphatic carbocycles. The summed E-state index contributed by atoms with van der Waals surface area (Å²) in [5.74, 6) is -0.652. The Morgan fingerprint density at radius 3 is 2.32 bits per heavy atom. The molecule has 8 nitrogen and oxygen atoms in total. The van der Waals surface area contributed by atoms with Crippen LogP contribution in [-0.2, 0) is 6.54 Å². The van der Waals surface area contributed by atoms with Gasteiger partial charge < -0.3 is 26.2 Å². The van der Waals surface area contributed by atoms with Crippen LogP contribution in [0, 0.1) is 11.3 Å². The van der Waals surface area contributed by atoms with Crippen molar-refractivity contribution in [2.75, 3.05) is 19.0 Å². The van der Waals surface area contributed by atoms with Gasteiger partial charge in [0.05, 0.1) is 12.7 Å². The third-order valence-corrected chi connectivity index (χ3v) is 5.83. The number of ether oxygens (including phenoxy) is 1. The minimum atomic E-state index is -1.14. The van der Waals surface area contributed by atoms with Gasteiger partial charge in [-0.3, -0.25) is 10.2 Å². The van der Waals surface area contributed by atoms with Crippen LogP contribution in [0.3, 0.4) is 0 Å². The molecule has 1 amide bonds. The molecule has 6 N–H and O–H groups in total. The van der Waals surface area contributed by atoms with Crippen molar-refractivity contribution >= 4 is 29.5 Å². The van der Waals surface area contributed by atoms with Crippen LogP contribution < -0.4 is 21.1 Å². The van der Waals surface area contributed by atoms with E-state index in [1.165, 1.54) is 6.07 Å². The van der Waals surface area contributed by atoms with Crippen molar-refractivity contribution in [3.05, 3.63) is 89.0 Å². The molecule has 3 aromatic rings. The van der Waals surface area contributed by atoms with Crippen LogP contribution in [0.2, 0.25) is 0 Å². The maximum atomic E-state index is 12.6. The number of rotatable bonds is 11. The van der Waals surface area contributed by atoms with E-state index in [9.17, 15) is 14.7 Å². The fraction of sp³-hybridized carbons (Fsp3) is 0.207. The molecular formula is C29H32N4O4. The second-order valence-electron chi connectivity index (χ2n) is 8.97. The number of aromatic carboxylic acids is 1. The minimum Gasteiger partial charge on any atom is -0.496 e. The van der Waals surface area contributed by atoms with Crippen LogP contribution in [-0.4, -0.2) is 36.5 Å². The van der Waals surface area contributed by atoms with E-state index in [-0.39, 0.29) is 28.8 Å². The molecule has 0 saturated carbocycles. The van der Waals surface area contributed by atoms with Gasteiger partial charge in [0.25, 0.3) is 5.91 Å². The van der Waals surface area contributed by atoms with Gasteiger partial charge in [-0.15, -0.1) is 0 Å². The van der Waals surface area contributed by atoms with Crippen LogP contribution in [0.1, 0.15) is 51.3 Å². The zero-order valence-corrected chi connectivity index (χ0v) is 21.2. The summed E-state index contributed by atoms with van der Waals surface area (Å²) in [6.07, 6.45) is 1.67. The molecule has 37 heavy (non-hydrogen) atoms. The quantitative estimate of drug-likeness (QED) is 0.186. The highest BCUT2D eigenvalue weighted by Gasteiger charge is 2.19. The lowest BCUT2D eigenvalue weighted by Gasteiger charge is -2.18. The fourth-order valence-corrected chi connectivity index (χ4v) is 3.84. The van der Waals surface area contributed by atoms with Crippen molar-refractivity contribution in [2.45, 2.75) is 20.4 Å². The van der Waals surface area contributed by atoms with Crippen molar-refractivity contribution < 1.29 is 19.4 Å².